The molecule has 0 unspecified atom stereocenters. The highest BCUT2D eigenvalue weighted by atomic mass is 16.4. The number of carbonyl (C=O) groups excluding carboxylic acids is 2. The van der Waals surface area contributed by atoms with Gasteiger partial charge in [0, 0.05) is 58.9 Å². The quantitative estimate of drug-likeness (QED) is 0.0470. The van der Waals surface area contributed by atoms with Crippen LogP contribution >= 0.6 is 0 Å². The summed E-state index contributed by atoms with van der Waals surface area (Å²) in [6.07, 6.45) is 3.93. The minimum atomic E-state index is -1.20. The van der Waals surface area contributed by atoms with Gasteiger partial charge in [-0.05, 0) is 134 Å². The number of H-pyrrole nitrogens is 2. The number of aromatic hydroxyl groups is 2. The number of amides is 2. The molecule has 2 aliphatic rings. The number of phenols is 2. The van der Waals surface area contributed by atoms with Crippen molar-refractivity contribution in [2.75, 3.05) is 0 Å². The SMILES string of the molecule is C=Cc1c(C)c2cc3[nH]c(cc4nc(cc5nc(cc1[nH]2)C(C)=C5CCC(=O)N[C@@H](Cc1ccc(O)cc1)C(=O)O)C(CCC(=O)N[C@@H](Cc1ccc(O)cc1)C(=O)O)=C4C)c(C)c3C=C. The van der Waals surface area contributed by atoms with Crippen LogP contribution in [0.3, 0.4) is 0 Å². The number of nitrogens with zero attached hydrogens (tertiary/aromatic N) is 2. The third-order valence-corrected chi connectivity index (χ3v) is 12.3. The van der Waals surface area contributed by atoms with E-state index in [1.807, 2.05) is 52.0 Å². The van der Waals surface area contributed by atoms with Crippen molar-refractivity contribution in [2.45, 2.75) is 78.3 Å². The van der Waals surface area contributed by atoms with Gasteiger partial charge in [-0.2, -0.15) is 0 Å². The number of aromatic nitrogens is 4. The number of aromatic amines is 2. The lowest BCUT2D eigenvalue weighted by Crippen LogP contribution is -2.42. The molecule has 0 saturated heterocycles. The van der Waals surface area contributed by atoms with E-state index in [1.165, 1.54) is 24.3 Å². The Morgan fingerprint density at radius 2 is 0.955 bits per heavy atom. The van der Waals surface area contributed by atoms with Gasteiger partial charge in [-0.15, -0.1) is 0 Å². The molecule has 0 fully saturated rings. The van der Waals surface area contributed by atoms with Crippen molar-refractivity contribution in [2.24, 2.45) is 0 Å². The fraction of sp³-hybridized carbons (Fsp3) is 0.231. The van der Waals surface area contributed by atoms with Crippen LogP contribution in [0, 0.1) is 13.8 Å². The van der Waals surface area contributed by atoms with Gasteiger partial charge in [-0.1, -0.05) is 49.6 Å². The van der Waals surface area contributed by atoms with Crippen molar-refractivity contribution in [3.05, 3.63) is 142 Å². The average molecular weight is 889 g/mol. The van der Waals surface area contributed by atoms with Gasteiger partial charge in [0.2, 0.25) is 11.8 Å². The topological polar surface area (TPSA) is 231 Å². The Balaban J connectivity index is 1.29. The highest BCUT2D eigenvalue weighted by Crippen LogP contribution is 2.38. The number of hydrogen-bond donors (Lipinski definition) is 8. The fourth-order valence-corrected chi connectivity index (χ4v) is 8.45. The summed E-state index contributed by atoms with van der Waals surface area (Å²) in [7, 11) is 0. The maximum atomic E-state index is 13.5. The van der Waals surface area contributed by atoms with E-state index in [1.54, 1.807) is 36.4 Å². The number of fused-ring (bicyclic) bond motifs is 8. The van der Waals surface area contributed by atoms with Crippen LogP contribution in [0.1, 0.15) is 95.7 Å². The minimum Gasteiger partial charge on any atom is -0.508 e. The summed E-state index contributed by atoms with van der Waals surface area (Å²) < 4.78 is 0. The maximum absolute atomic E-state index is 13.5. The zero-order valence-corrected chi connectivity index (χ0v) is 37.2. The second-order valence-electron chi connectivity index (χ2n) is 16.6. The van der Waals surface area contributed by atoms with E-state index in [2.05, 4.69) is 33.8 Å². The summed E-state index contributed by atoms with van der Waals surface area (Å²) in [4.78, 5) is 68.9. The van der Waals surface area contributed by atoms with Crippen LogP contribution in [0.5, 0.6) is 11.5 Å². The third kappa shape index (κ3) is 10.0. The Morgan fingerprint density at radius 3 is 1.35 bits per heavy atom. The highest BCUT2D eigenvalue weighted by molar-refractivity contribution is 5.98. The van der Waals surface area contributed by atoms with Gasteiger partial charge in [-0.25, -0.2) is 19.6 Å². The fourth-order valence-electron chi connectivity index (χ4n) is 8.45. The molecule has 0 saturated carbocycles. The van der Waals surface area contributed by atoms with Crippen molar-refractivity contribution in [1.29, 1.82) is 0 Å². The monoisotopic (exact) mass is 888 g/mol. The lowest BCUT2D eigenvalue weighted by atomic mass is 9.97. The zero-order chi connectivity index (χ0) is 47.4. The molecule has 66 heavy (non-hydrogen) atoms. The Kier molecular flexibility index (Phi) is 13.5. The van der Waals surface area contributed by atoms with Crippen molar-refractivity contribution in [3.63, 3.8) is 0 Å². The Hall–Kier alpha value is -8.00. The maximum Gasteiger partial charge on any atom is 0.326 e. The molecular weight excluding hydrogens is 837 g/mol. The Bertz CT molecular complexity index is 3030. The van der Waals surface area contributed by atoms with Crippen LogP contribution in [0.25, 0.3) is 56.5 Å². The van der Waals surface area contributed by atoms with Crippen molar-refractivity contribution in [1.82, 2.24) is 30.6 Å². The lowest BCUT2D eigenvalue weighted by molar-refractivity contribution is -0.142. The van der Waals surface area contributed by atoms with Crippen molar-refractivity contribution < 1.29 is 39.6 Å². The molecule has 2 aromatic carbocycles. The molecule has 3 aromatic heterocycles. The smallest absolute Gasteiger partial charge is 0.326 e. The van der Waals surface area contributed by atoms with E-state index in [0.29, 0.717) is 33.9 Å². The van der Waals surface area contributed by atoms with Crippen LogP contribution in [-0.2, 0) is 32.0 Å². The molecule has 2 atom stereocenters. The summed E-state index contributed by atoms with van der Waals surface area (Å²) in [6.45, 7) is 16.1. The zero-order valence-electron chi connectivity index (χ0n) is 37.2. The molecule has 0 radical (unpaired) electrons. The largest absolute Gasteiger partial charge is 0.508 e. The first-order valence-electron chi connectivity index (χ1n) is 21.5. The van der Waals surface area contributed by atoms with Crippen molar-refractivity contribution >= 4 is 80.3 Å². The molecule has 7 rings (SSSR count). The summed E-state index contributed by atoms with van der Waals surface area (Å²) in [5, 5.41) is 44.7. The lowest BCUT2D eigenvalue weighted by Gasteiger charge is -2.15. The number of carboxylic acid groups (broad SMARTS) is 2. The van der Waals surface area contributed by atoms with Gasteiger partial charge in [0.25, 0.3) is 0 Å². The third-order valence-electron chi connectivity index (χ3n) is 12.3. The normalized spacial score (nSPS) is 13.3. The van der Waals surface area contributed by atoms with Crippen LogP contribution in [0.4, 0.5) is 0 Å². The second kappa shape index (κ2) is 19.4. The first kappa shape index (κ1) is 46.0. The second-order valence-corrected chi connectivity index (χ2v) is 16.6. The molecule has 8 bridgehead atoms. The number of benzene rings is 2. The van der Waals surface area contributed by atoms with Gasteiger partial charge in [0.05, 0.1) is 22.8 Å². The van der Waals surface area contributed by atoms with E-state index in [4.69, 9.17) is 9.97 Å². The molecule has 14 nitrogen and oxygen atoms in total. The van der Waals surface area contributed by atoms with Gasteiger partial charge < -0.3 is 41.0 Å². The van der Waals surface area contributed by atoms with Crippen LogP contribution in [-0.4, -0.2) is 76.2 Å². The predicted molar refractivity (Wildman–Crippen MR) is 257 cm³/mol. The number of phenolic OH excluding ortho intramolecular Hbond substituents is 2. The number of aryl methyl sites for hydroxylation is 2. The van der Waals surface area contributed by atoms with E-state index in [-0.39, 0.29) is 50.0 Å². The Labute approximate surface area is 381 Å². The van der Waals surface area contributed by atoms with E-state index >= 15 is 0 Å². The average Bonchev–Trinajstić information content (AvgIpc) is 3.95. The number of carboxylic acids is 2. The van der Waals surface area contributed by atoms with E-state index < -0.39 is 35.8 Å². The van der Waals surface area contributed by atoms with Crippen LogP contribution in [0.2, 0.25) is 0 Å². The number of allylic oxidation sites excluding steroid dienone is 4. The summed E-state index contributed by atoms with van der Waals surface area (Å²) in [6, 6.07) is 17.6. The van der Waals surface area contributed by atoms with Gasteiger partial charge >= 0.3 is 11.9 Å². The molecule has 338 valence electrons. The standard InChI is InChI=1S/C52H52N6O8/c1-7-35-27(3)39-23-40-29(5)37(17-19-49(61)57-47(51(63)64)21-31-9-13-33(59)14-10-31)45(55-40)26-46-38(18-20-50(62)58-48(52(65)66)22-32-11-15-34(60)16-12-32)30(6)42(56-46)25-44-36(8-2)28(4)41(54-44)24-43(35)53-39/h7-16,23-26,47-48,53-54,59-60H,1-2,17-22H2,3-6H3,(H,57,61)(H,58,62)(H,63,64)(H,65,66)/t47-,48-/m0/s1. The molecule has 14 heteroatoms. The van der Waals surface area contributed by atoms with E-state index in [9.17, 15) is 39.6 Å². The number of nitrogens with one attached hydrogen (secondary N) is 4. The van der Waals surface area contributed by atoms with E-state index in [0.717, 1.165) is 66.6 Å². The van der Waals surface area contributed by atoms with Gasteiger partial charge in [0.1, 0.15) is 23.6 Å². The molecule has 2 aliphatic heterocycles. The molecule has 5 heterocycles. The molecule has 5 aromatic rings. The number of aliphatic carboxylic acids is 2. The minimum absolute atomic E-state index is 0.0206. The van der Waals surface area contributed by atoms with Crippen LogP contribution in [0.15, 0.2) is 86.0 Å². The molecule has 0 spiro atoms. The first-order valence-corrected chi connectivity index (χ1v) is 21.5. The first-order chi connectivity index (χ1) is 31.5. The molecule has 8 N–H and O–H groups in total. The number of carbonyl (C=O) groups is 4. The summed E-state index contributed by atoms with van der Waals surface area (Å²) in [5.41, 5.74) is 13.7. The number of hydrogen-bond acceptors (Lipinski definition) is 8. The van der Waals surface area contributed by atoms with Crippen LogP contribution < -0.4 is 10.6 Å². The summed E-state index contributed by atoms with van der Waals surface area (Å²) in [5.74, 6) is -3.23. The number of rotatable bonds is 16. The van der Waals surface area contributed by atoms with Gasteiger partial charge in [-0.3, -0.25) is 9.59 Å². The molecule has 2 amide bonds. The molecular formula is C52H52N6O8. The van der Waals surface area contributed by atoms with Crippen molar-refractivity contribution in [3.8, 4) is 11.5 Å². The predicted octanol–water partition coefficient (Wildman–Crippen LogP) is 8.67. The van der Waals surface area contributed by atoms with Gasteiger partial charge in [0.15, 0.2) is 0 Å². The highest BCUT2D eigenvalue weighted by Gasteiger charge is 2.26. The Morgan fingerprint density at radius 1 is 0.576 bits per heavy atom. The summed E-state index contributed by atoms with van der Waals surface area (Å²) >= 11 is 0. The molecule has 0 aliphatic carbocycles.